The number of Topliss-reactive ketones (excluding diaryl/α,β-unsaturated/α-hetero) is 1. The number of hydrogen-bond acceptors (Lipinski definition) is 5. The summed E-state index contributed by atoms with van der Waals surface area (Å²) < 4.78 is 12.3. The molecule has 1 saturated heterocycles. The number of hydrogen-bond donors (Lipinski definition) is 1. The van der Waals surface area contributed by atoms with Crippen molar-refractivity contribution in [2.75, 3.05) is 20.7 Å². The Labute approximate surface area is 176 Å². The third-order valence-corrected chi connectivity index (χ3v) is 8.15. The van der Waals surface area contributed by atoms with Gasteiger partial charge in [0.25, 0.3) is 0 Å². The fourth-order valence-electron chi connectivity index (χ4n) is 6.90. The molecule has 1 N–H and O–H groups in total. The Morgan fingerprint density at radius 2 is 2.10 bits per heavy atom. The molecule has 4 aliphatic rings. The van der Waals surface area contributed by atoms with E-state index in [0.29, 0.717) is 30.6 Å². The molecule has 2 bridgehead atoms. The Balaban J connectivity index is 1.61. The Morgan fingerprint density at radius 1 is 1.30 bits per heavy atom. The maximum Gasteiger partial charge on any atom is 0.174 e. The predicted molar refractivity (Wildman–Crippen MR) is 112 cm³/mol. The number of ether oxygens (including phenoxy) is 2. The SMILES string of the molecule is COc1c(Cc2ccccc2)c(O)c2c3c1C[C@@H]1[C@@H]4CCC(=O)[C@H](O2)[C@]34CCN1C. The topological polar surface area (TPSA) is 59.0 Å². The molecular formula is C25H27NO4. The Bertz CT molecular complexity index is 1050. The Hall–Kier alpha value is -2.53. The van der Waals surface area contributed by atoms with Gasteiger partial charge in [0, 0.05) is 41.0 Å². The summed E-state index contributed by atoms with van der Waals surface area (Å²) in [5.74, 6) is 2.04. The van der Waals surface area contributed by atoms with Crippen LogP contribution in [0.15, 0.2) is 30.3 Å². The summed E-state index contributed by atoms with van der Waals surface area (Å²) in [6.07, 6.45) is 3.34. The highest BCUT2D eigenvalue weighted by Crippen LogP contribution is 2.65. The fourth-order valence-corrected chi connectivity index (χ4v) is 6.90. The van der Waals surface area contributed by atoms with Crippen molar-refractivity contribution in [2.24, 2.45) is 5.92 Å². The number of phenols is 1. The van der Waals surface area contributed by atoms with Crippen LogP contribution in [0.3, 0.4) is 0 Å². The van der Waals surface area contributed by atoms with Crippen molar-refractivity contribution in [1.82, 2.24) is 4.90 Å². The first-order chi connectivity index (χ1) is 14.6. The zero-order valence-corrected chi connectivity index (χ0v) is 17.5. The van der Waals surface area contributed by atoms with Gasteiger partial charge in [0.1, 0.15) is 5.75 Å². The minimum Gasteiger partial charge on any atom is -0.504 e. The Morgan fingerprint density at radius 3 is 2.87 bits per heavy atom. The third kappa shape index (κ3) is 2.14. The number of piperidine rings is 1. The molecule has 2 fully saturated rings. The number of carbonyl (C=O) groups is 1. The lowest BCUT2D eigenvalue weighted by atomic mass is 9.51. The van der Waals surface area contributed by atoms with E-state index in [2.05, 4.69) is 24.1 Å². The average Bonchev–Trinajstić information content (AvgIpc) is 3.11. The summed E-state index contributed by atoms with van der Waals surface area (Å²) in [6, 6.07) is 10.5. The van der Waals surface area contributed by atoms with E-state index in [9.17, 15) is 9.90 Å². The molecule has 2 aromatic carbocycles. The number of likely N-dealkylation sites (N-methyl/N-ethyl adjacent to an activating group) is 1. The molecule has 2 heterocycles. The lowest BCUT2D eigenvalue weighted by Gasteiger charge is -2.57. The lowest BCUT2D eigenvalue weighted by molar-refractivity contribution is -0.138. The number of carbonyl (C=O) groups excluding carboxylic acids is 1. The Kier molecular flexibility index (Phi) is 3.80. The van der Waals surface area contributed by atoms with E-state index in [1.807, 2.05) is 18.2 Å². The third-order valence-electron chi connectivity index (χ3n) is 8.15. The molecule has 6 rings (SSSR count). The second-order valence-electron chi connectivity index (χ2n) is 9.36. The van der Waals surface area contributed by atoms with Gasteiger partial charge in [-0.3, -0.25) is 4.79 Å². The van der Waals surface area contributed by atoms with Gasteiger partial charge in [-0.1, -0.05) is 30.3 Å². The molecule has 1 spiro atoms. The van der Waals surface area contributed by atoms with Gasteiger partial charge in [-0.05, 0) is 44.3 Å². The number of likely N-dealkylation sites (tertiary alicyclic amines) is 1. The van der Waals surface area contributed by atoms with Gasteiger partial charge in [0.05, 0.1) is 7.11 Å². The van der Waals surface area contributed by atoms with Gasteiger partial charge in [-0.25, -0.2) is 0 Å². The molecule has 5 heteroatoms. The number of methoxy groups -OCH3 is 1. The first kappa shape index (κ1) is 18.3. The maximum atomic E-state index is 13.0. The van der Waals surface area contributed by atoms with Gasteiger partial charge in [0.15, 0.2) is 23.4 Å². The standard InChI is InChI=1S/C25H27NO4/c1-26-11-10-25-17-8-9-19(27)24(25)30-23-20(25)15(13-18(17)26)22(29-2)16(21(23)28)12-14-6-4-3-5-7-14/h3-7,17-18,24,28H,8-13H2,1-2H3/t17-,18+,24-,25-/m0/s1. The van der Waals surface area contributed by atoms with Crippen LogP contribution in [0.25, 0.3) is 0 Å². The largest absolute Gasteiger partial charge is 0.504 e. The van der Waals surface area contributed by atoms with E-state index in [1.165, 1.54) is 0 Å². The van der Waals surface area contributed by atoms with Crippen LogP contribution in [0.2, 0.25) is 0 Å². The normalized spacial score (nSPS) is 31.3. The minimum absolute atomic E-state index is 0.155. The minimum atomic E-state index is -0.468. The van der Waals surface area contributed by atoms with Crippen LogP contribution in [0, 0.1) is 5.92 Å². The van der Waals surface area contributed by atoms with Crippen molar-refractivity contribution >= 4 is 5.78 Å². The summed E-state index contributed by atoms with van der Waals surface area (Å²) in [6.45, 7) is 0.946. The van der Waals surface area contributed by atoms with Crippen LogP contribution in [-0.4, -0.2) is 48.6 Å². The van der Waals surface area contributed by atoms with E-state index < -0.39 is 6.10 Å². The van der Waals surface area contributed by atoms with Crippen molar-refractivity contribution in [3.8, 4) is 17.2 Å². The summed E-state index contributed by atoms with van der Waals surface area (Å²) in [4.78, 5) is 15.4. The summed E-state index contributed by atoms with van der Waals surface area (Å²) in [5.41, 5.74) is 3.76. The zero-order valence-electron chi connectivity index (χ0n) is 17.5. The van der Waals surface area contributed by atoms with Gasteiger partial charge in [-0.15, -0.1) is 0 Å². The molecule has 5 nitrogen and oxygen atoms in total. The van der Waals surface area contributed by atoms with Crippen LogP contribution in [0.1, 0.15) is 41.5 Å². The van der Waals surface area contributed by atoms with Crippen molar-refractivity contribution in [3.05, 3.63) is 52.6 Å². The predicted octanol–water partition coefficient (Wildman–Crippen LogP) is 3.23. The van der Waals surface area contributed by atoms with E-state index in [1.54, 1.807) is 7.11 Å². The maximum absolute atomic E-state index is 13.0. The first-order valence-corrected chi connectivity index (χ1v) is 10.9. The molecule has 1 saturated carbocycles. The van der Waals surface area contributed by atoms with Crippen LogP contribution in [0.4, 0.5) is 0 Å². The number of phenolic OH excluding ortho intramolecular Hbond substituents is 1. The number of benzene rings is 2. The average molecular weight is 405 g/mol. The van der Waals surface area contributed by atoms with Crippen LogP contribution in [0.5, 0.6) is 17.2 Å². The van der Waals surface area contributed by atoms with Gasteiger partial charge < -0.3 is 19.5 Å². The van der Waals surface area contributed by atoms with E-state index in [-0.39, 0.29) is 16.9 Å². The fraction of sp³-hybridized carbons (Fsp3) is 0.480. The van der Waals surface area contributed by atoms with E-state index in [0.717, 1.165) is 53.8 Å². The number of aromatic hydroxyl groups is 1. The molecule has 2 aromatic rings. The molecule has 0 amide bonds. The molecule has 30 heavy (non-hydrogen) atoms. The molecule has 156 valence electrons. The van der Waals surface area contributed by atoms with Crippen molar-refractivity contribution in [2.45, 2.75) is 49.7 Å². The smallest absolute Gasteiger partial charge is 0.174 e. The van der Waals surface area contributed by atoms with Crippen molar-refractivity contribution < 1.29 is 19.4 Å². The van der Waals surface area contributed by atoms with E-state index >= 15 is 0 Å². The molecule has 0 aromatic heterocycles. The number of rotatable bonds is 3. The van der Waals surface area contributed by atoms with Crippen LogP contribution in [-0.2, 0) is 23.1 Å². The highest BCUT2D eigenvalue weighted by molar-refractivity contribution is 5.89. The second-order valence-corrected chi connectivity index (χ2v) is 9.36. The second kappa shape index (κ2) is 6.24. The molecule has 0 radical (unpaired) electrons. The van der Waals surface area contributed by atoms with Crippen molar-refractivity contribution in [1.29, 1.82) is 0 Å². The monoisotopic (exact) mass is 405 g/mol. The lowest BCUT2D eigenvalue weighted by Crippen LogP contribution is -2.65. The molecule has 0 unspecified atom stereocenters. The van der Waals surface area contributed by atoms with Gasteiger partial charge in [-0.2, -0.15) is 0 Å². The first-order valence-electron chi connectivity index (χ1n) is 10.9. The summed E-state index contributed by atoms with van der Waals surface area (Å²) in [5, 5.41) is 11.4. The molecule has 2 aliphatic heterocycles. The molecular weight excluding hydrogens is 378 g/mol. The quantitative estimate of drug-likeness (QED) is 0.850. The summed E-state index contributed by atoms with van der Waals surface area (Å²) >= 11 is 0. The molecule has 4 atom stereocenters. The van der Waals surface area contributed by atoms with Crippen LogP contribution >= 0.6 is 0 Å². The summed E-state index contributed by atoms with van der Waals surface area (Å²) in [7, 11) is 3.89. The van der Waals surface area contributed by atoms with Crippen LogP contribution < -0.4 is 9.47 Å². The zero-order chi connectivity index (χ0) is 20.6. The van der Waals surface area contributed by atoms with E-state index in [4.69, 9.17) is 9.47 Å². The number of ketones is 1. The number of nitrogens with zero attached hydrogens (tertiary/aromatic N) is 1. The highest BCUT2D eigenvalue weighted by atomic mass is 16.5. The molecule has 2 aliphatic carbocycles. The van der Waals surface area contributed by atoms with Crippen molar-refractivity contribution in [3.63, 3.8) is 0 Å². The highest BCUT2D eigenvalue weighted by Gasteiger charge is 2.66. The van der Waals surface area contributed by atoms with Gasteiger partial charge >= 0.3 is 0 Å². The van der Waals surface area contributed by atoms with Gasteiger partial charge in [0.2, 0.25) is 0 Å².